The third-order valence-corrected chi connectivity index (χ3v) is 2.64. The zero-order chi connectivity index (χ0) is 13.1. The van der Waals surface area contributed by atoms with Crippen molar-refractivity contribution >= 4 is 5.91 Å². The van der Waals surface area contributed by atoms with E-state index in [1.54, 1.807) is 13.8 Å². The monoisotopic (exact) mass is 243 g/mol. The summed E-state index contributed by atoms with van der Waals surface area (Å²) in [6.45, 7) is 1.69. The fraction of sp³-hybridized carbons (Fsp3) is 0.600. The zero-order valence-electron chi connectivity index (χ0n) is 9.82. The number of nitrogens with one attached hydrogen (secondary N) is 2. The second-order valence-electron chi connectivity index (χ2n) is 4.02. The third-order valence-electron chi connectivity index (χ3n) is 2.64. The SMILES string of the molecule is Cc1n[nH]c(C)c1C(=O)NC(CO)(CO)CO. The highest BCUT2D eigenvalue weighted by molar-refractivity contribution is 5.96. The van der Waals surface area contributed by atoms with E-state index in [2.05, 4.69) is 15.5 Å². The summed E-state index contributed by atoms with van der Waals surface area (Å²) in [6, 6.07) is 0. The number of nitrogens with zero attached hydrogens (tertiary/aromatic N) is 1. The number of amides is 1. The van der Waals surface area contributed by atoms with E-state index in [1.165, 1.54) is 0 Å². The fourth-order valence-corrected chi connectivity index (χ4v) is 1.46. The molecule has 0 aliphatic rings. The minimum atomic E-state index is -1.42. The second kappa shape index (κ2) is 5.26. The number of aryl methyl sites for hydroxylation is 2. The molecule has 0 saturated heterocycles. The number of aliphatic hydroxyl groups is 3. The van der Waals surface area contributed by atoms with E-state index in [0.717, 1.165) is 0 Å². The van der Waals surface area contributed by atoms with Gasteiger partial charge in [-0.3, -0.25) is 9.89 Å². The predicted molar refractivity (Wildman–Crippen MR) is 59.5 cm³/mol. The Balaban J connectivity index is 2.92. The van der Waals surface area contributed by atoms with Crippen LogP contribution in [-0.2, 0) is 0 Å². The number of carbonyl (C=O) groups is 1. The summed E-state index contributed by atoms with van der Waals surface area (Å²) in [5.74, 6) is -0.495. The van der Waals surface area contributed by atoms with Crippen molar-refractivity contribution in [2.45, 2.75) is 19.4 Å². The second-order valence-corrected chi connectivity index (χ2v) is 4.02. The van der Waals surface area contributed by atoms with E-state index in [-0.39, 0.29) is 0 Å². The Morgan fingerprint density at radius 3 is 2.18 bits per heavy atom. The molecule has 1 aromatic heterocycles. The highest BCUT2D eigenvalue weighted by Crippen LogP contribution is 2.11. The summed E-state index contributed by atoms with van der Waals surface area (Å²) in [6.07, 6.45) is 0. The van der Waals surface area contributed by atoms with Gasteiger partial charge in [0.1, 0.15) is 5.54 Å². The van der Waals surface area contributed by atoms with Crippen LogP contribution in [0, 0.1) is 13.8 Å². The summed E-state index contributed by atoms with van der Waals surface area (Å²) < 4.78 is 0. The molecule has 96 valence electrons. The van der Waals surface area contributed by atoms with Crippen LogP contribution >= 0.6 is 0 Å². The number of hydrogen-bond acceptors (Lipinski definition) is 5. The molecule has 17 heavy (non-hydrogen) atoms. The van der Waals surface area contributed by atoms with Crippen molar-refractivity contribution < 1.29 is 20.1 Å². The van der Waals surface area contributed by atoms with Crippen LogP contribution in [0.5, 0.6) is 0 Å². The molecule has 0 aromatic carbocycles. The van der Waals surface area contributed by atoms with Crippen molar-refractivity contribution in [1.29, 1.82) is 0 Å². The first kappa shape index (κ1) is 13.6. The van der Waals surface area contributed by atoms with Crippen molar-refractivity contribution in [1.82, 2.24) is 15.5 Å². The molecule has 0 spiro atoms. The van der Waals surface area contributed by atoms with Gasteiger partial charge >= 0.3 is 0 Å². The molecule has 1 heterocycles. The number of aromatic nitrogens is 2. The average Bonchev–Trinajstić information content (AvgIpc) is 2.66. The minimum absolute atomic E-state index is 0.352. The van der Waals surface area contributed by atoms with E-state index in [4.69, 9.17) is 15.3 Å². The number of rotatable bonds is 5. The Morgan fingerprint density at radius 1 is 1.29 bits per heavy atom. The minimum Gasteiger partial charge on any atom is -0.394 e. The number of carbonyl (C=O) groups excluding carboxylic acids is 1. The van der Waals surface area contributed by atoms with Crippen LogP contribution in [0.1, 0.15) is 21.7 Å². The summed E-state index contributed by atoms with van der Waals surface area (Å²) >= 11 is 0. The smallest absolute Gasteiger partial charge is 0.255 e. The van der Waals surface area contributed by atoms with E-state index < -0.39 is 31.3 Å². The molecule has 1 rings (SSSR count). The van der Waals surface area contributed by atoms with Gasteiger partial charge in [-0.15, -0.1) is 0 Å². The molecule has 0 aliphatic carbocycles. The maximum absolute atomic E-state index is 11.9. The van der Waals surface area contributed by atoms with Crippen molar-refractivity contribution in [2.75, 3.05) is 19.8 Å². The average molecular weight is 243 g/mol. The van der Waals surface area contributed by atoms with Gasteiger partial charge in [-0.2, -0.15) is 5.10 Å². The highest BCUT2D eigenvalue weighted by atomic mass is 16.3. The summed E-state index contributed by atoms with van der Waals surface area (Å²) in [5, 5.41) is 36.3. The Bertz CT molecular complexity index is 370. The van der Waals surface area contributed by atoms with Gasteiger partial charge in [0.15, 0.2) is 0 Å². The zero-order valence-corrected chi connectivity index (χ0v) is 9.82. The van der Waals surface area contributed by atoms with E-state index >= 15 is 0 Å². The Morgan fingerprint density at radius 2 is 1.82 bits per heavy atom. The molecular weight excluding hydrogens is 226 g/mol. The molecule has 7 nitrogen and oxygen atoms in total. The quantitative estimate of drug-likeness (QED) is 0.430. The fourth-order valence-electron chi connectivity index (χ4n) is 1.46. The Kier molecular flexibility index (Phi) is 4.22. The van der Waals surface area contributed by atoms with Gasteiger partial charge in [-0.05, 0) is 13.8 Å². The third kappa shape index (κ3) is 2.63. The normalized spacial score (nSPS) is 11.6. The molecule has 0 fully saturated rings. The molecule has 7 heteroatoms. The first-order valence-corrected chi connectivity index (χ1v) is 5.16. The lowest BCUT2D eigenvalue weighted by Crippen LogP contribution is -2.57. The number of hydrogen-bond donors (Lipinski definition) is 5. The maximum atomic E-state index is 11.9. The van der Waals surface area contributed by atoms with E-state index in [1.807, 2.05) is 0 Å². The van der Waals surface area contributed by atoms with Crippen LogP contribution in [0.2, 0.25) is 0 Å². The lowest BCUT2D eigenvalue weighted by atomic mass is 10.0. The van der Waals surface area contributed by atoms with Gasteiger partial charge in [0, 0.05) is 5.69 Å². The van der Waals surface area contributed by atoms with Gasteiger partial charge in [0.25, 0.3) is 5.91 Å². The molecule has 0 bridgehead atoms. The van der Waals surface area contributed by atoms with Gasteiger partial charge in [0.2, 0.25) is 0 Å². The molecule has 1 amide bonds. The van der Waals surface area contributed by atoms with E-state index in [9.17, 15) is 4.79 Å². The molecule has 0 aliphatic heterocycles. The maximum Gasteiger partial charge on any atom is 0.255 e. The van der Waals surface area contributed by atoms with Gasteiger partial charge < -0.3 is 20.6 Å². The lowest BCUT2D eigenvalue weighted by molar-refractivity contribution is 0.0374. The first-order valence-electron chi connectivity index (χ1n) is 5.16. The van der Waals surface area contributed by atoms with Crippen LogP contribution in [-0.4, -0.2) is 56.8 Å². The lowest BCUT2D eigenvalue weighted by Gasteiger charge is -2.28. The topological polar surface area (TPSA) is 118 Å². The largest absolute Gasteiger partial charge is 0.394 e. The first-order chi connectivity index (χ1) is 7.99. The number of aliphatic hydroxyl groups excluding tert-OH is 3. The van der Waals surface area contributed by atoms with Crippen molar-refractivity contribution in [2.24, 2.45) is 0 Å². The number of aromatic amines is 1. The van der Waals surface area contributed by atoms with E-state index in [0.29, 0.717) is 17.0 Å². The van der Waals surface area contributed by atoms with Crippen LogP contribution in [0.25, 0.3) is 0 Å². The molecule has 0 atom stereocenters. The summed E-state index contributed by atoms with van der Waals surface area (Å²) in [5.41, 5.74) is 0.0305. The molecule has 5 N–H and O–H groups in total. The van der Waals surface area contributed by atoms with Crippen LogP contribution in [0.15, 0.2) is 0 Å². The molecule has 0 saturated carbocycles. The Hall–Kier alpha value is -1.44. The van der Waals surface area contributed by atoms with Crippen molar-refractivity contribution in [3.63, 3.8) is 0 Å². The van der Waals surface area contributed by atoms with Crippen LogP contribution in [0.4, 0.5) is 0 Å². The van der Waals surface area contributed by atoms with Crippen LogP contribution < -0.4 is 5.32 Å². The van der Waals surface area contributed by atoms with Crippen LogP contribution in [0.3, 0.4) is 0 Å². The highest BCUT2D eigenvalue weighted by Gasteiger charge is 2.31. The summed E-state index contributed by atoms with van der Waals surface area (Å²) in [7, 11) is 0. The van der Waals surface area contributed by atoms with Gasteiger partial charge in [-0.25, -0.2) is 0 Å². The predicted octanol–water partition coefficient (Wildman–Crippen LogP) is -1.53. The molecule has 0 radical (unpaired) electrons. The Labute approximate surface area is 98.5 Å². The number of H-pyrrole nitrogens is 1. The van der Waals surface area contributed by atoms with Crippen molar-refractivity contribution in [3.8, 4) is 0 Å². The van der Waals surface area contributed by atoms with Crippen molar-refractivity contribution in [3.05, 3.63) is 17.0 Å². The van der Waals surface area contributed by atoms with Gasteiger partial charge in [-0.1, -0.05) is 0 Å². The summed E-state index contributed by atoms with van der Waals surface area (Å²) in [4.78, 5) is 11.9. The molecular formula is C10H17N3O4. The molecule has 0 unspecified atom stereocenters. The molecule has 1 aromatic rings. The van der Waals surface area contributed by atoms with Gasteiger partial charge in [0.05, 0.1) is 31.1 Å². The standard InChI is InChI=1S/C10H17N3O4/c1-6-8(7(2)13-12-6)9(17)11-10(3-14,4-15)5-16/h14-16H,3-5H2,1-2H3,(H,11,17)(H,12,13).